The molecule has 1 aromatic carbocycles. The summed E-state index contributed by atoms with van der Waals surface area (Å²) in [5.74, 6) is -0.416. The minimum absolute atomic E-state index is 0.0400. The zero-order valence-electron chi connectivity index (χ0n) is 14.3. The molecule has 2 heterocycles. The predicted molar refractivity (Wildman–Crippen MR) is 95.7 cm³/mol. The van der Waals surface area contributed by atoms with Gasteiger partial charge in [-0.2, -0.15) is 5.10 Å². The van der Waals surface area contributed by atoms with Gasteiger partial charge in [-0.3, -0.25) is 14.8 Å². The van der Waals surface area contributed by atoms with E-state index in [1.807, 2.05) is 31.1 Å². The van der Waals surface area contributed by atoms with Crippen LogP contribution in [0.2, 0.25) is 0 Å². The van der Waals surface area contributed by atoms with E-state index in [0.717, 1.165) is 36.3 Å². The third kappa shape index (κ3) is 3.48. The second-order valence-electron chi connectivity index (χ2n) is 6.12. The average Bonchev–Trinajstić information content (AvgIpc) is 2.57. The van der Waals surface area contributed by atoms with Crippen molar-refractivity contribution in [3.63, 3.8) is 0 Å². The molecule has 1 aromatic heterocycles. The van der Waals surface area contributed by atoms with Crippen molar-refractivity contribution in [3.8, 4) is 11.6 Å². The number of hydrazone groups is 1. The number of likely N-dealkylation sites (N-methyl/N-ethyl adjacent to an activating group) is 1. The van der Waals surface area contributed by atoms with Gasteiger partial charge in [0.1, 0.15) is 5.56 Å². The van der Waals surface area contributed by atoms with E-state index in [4.69, 9.17) is 0 Å². The molecule has 0 bridgehead atoms. The first-order valence-corrected chi connectivity index (χ1v) is 8.09. The molecule has 132 valence electrons. The third-order valence-corrected chi connectivity index (χ3v) is 4.31. The SMILES string of the molecule is Cc1ccccc1-n1c(O)c(C=NN2CCN(C)CC2)c(=O)[nH]c1=O. The first-order valence-electron chi connectivity index (χ1n) is 8.09. The number of hydrogen-bond acceptors (Lipinski definition) is 6. The maximum atomic E-state index is 12.2. The van der Waals surface area contributed by atoms with Crippen LogP contribution in [0.15, 0.2) is 39.0 Å². The van der Waals surface area contributed by atoms with Gasteiger partial charge in [0.15, 0.2) is 0 Å². The number of aromatic hydroxyl groups is 1. The second-order valence-corrected chi connectivity index (χ2v) is 6.12. The summed E-state index contributed by atoms with van der Waals surface area (Å²) in [7, 11) is 2.04. The molecule has 2 aromatic rings. The van der Waals surface area contributed by atoms with Crippen LogP contribution in [0.25, 0.3) is 5.69 Å². The Morgan fingerprint density at radius 3 is 2.52 bits per heavy atom. The molecule has 25 heavy (non-hydrogen) atoms. The Labute approximate surface area is 144 Å². The molecule has 0 spiro atoms. The fraction of sp³-hybridized carbons (Fsp3) is 0.353. The Hall–Kier alpha value is -2.87. The molecule has 3 rings (SSSR count). The molecular weight excluding hydrogens is 322 g/mol. The van der Waals surface area contributed by atoms with Crippen LogP contribution in [0.4, 0.5) is 0 Å². The monoisotopic (exact) mass is 343 g/mol. The molecule has 0 unspecified atom stereocenters. The van der Waals surface area contributed by atoms with Crippen LogP contribution in [0.1, 0.15) is 11.1 Å². The Balaban J connectivity index is 2.01. The van der Waals surface area contributed by atoms with Gasteiger partial charge in [-0.25, -0.2) is 9.36 Å². The van der Waals surface area contributed by atoms with Crippen LogP contribution in [-0.2, 0) is 0 Å². The quantitative estimate of drug-likeness (QED) is 0.772. The van der Waals surface area contributed by atoms with Gasteiger partial charge in [-0.15, -0.1) is 0 Å². The number of aromatic amines is 1. The van der Waals surface area contributed by atoms with Crippen LogP contribution in [0, 0.1) is 6.92 Å². The van der Waals surface area contributed by atoms with Crippen LogP contribution in [-0.4, -0.2) is 64.0 Å². The molecular formula is C17H21N5O3. The number of para-hydroxylation sites is 1. The highest BCUT2D eigenvalue weighted by Crippen LogP contribution is 2.18. The Morgan fingerprint density at radius 2 is 1.84 bits per heavy atom. The summed E-state index contributed by atoms with van der Waals surface area (Å²) >= 11 is 0. The largest absolute Gasteiger partial charge is 0.493 e. The molecule has 0 amide bonds. The fourth-order valence-electron chi connectivity index (χ4n) is 2.74. The lowest BCUT2D eigenvalue weighted by atomic mass is 10.2. The number of rotatable bonds is 3. The highest BCUT2D eigenvalue weighted by Gasteiger charge is 2.16. The predicted octanol–water partition coefficient (Wildman–Crippen LogP) is 0.121. The standard InChI is InChI=1S/C17H21N5O3/c1-12-5-3-4-6-14(12)22-16(24)13(15(23)19-17(22)25)11-18-21-9-7-20(2)8-10-21/h3-6,11,24H,7-10H2,1-2H3,(H,19,23,25). The summed E-state index contributed by atoms with van der Waals surface area (Å²) in [4.78, 5) is 28.7. The van der Waals surface area contributed by atoms with Gasteiger partial charge in [0, 0.05) is 26.2 Å². The van der Waals surface area contributed by atoms with Crippen molar-refractivity contribution >= 4 is 6.21 Å². The summed E-state index contributed by atoms with van der Waals surface area (Å²) < 4.78 is 1.09. The van der Waals surface area contributed by atoms with Crippen LogP contribution < -0.4 is 11.2 Å². The zero-order valence-corrected chi connectivity index (χ0v) is 14.3. The van der Waals surface area contributed by atoms with Crippen molar-refractivity contribution < 1.29 is 5.11 Å². The number of benzene rings is 1. The van der Waals surface area contributed by atoms with E-state index in [9.17, 15) is 14.7 Å². The highest BCUT2D eigenvalue weighted by molar-refractivity contribution is 5.82. The summed E-state index contributed by atoms with van der Waals surface area (Å²) in [6.07, 6.45) is 1.31. The van der Waals surface area contributed by atoms with Crippen molar-refractivity contribution in [1.29, 1.82) is 0 Å². The smallest absolute Gasteiger partial charge is 0.335 e. The lowest BCUT2D eigenvalue weighted by molar-refractivity contribution is 0.159. The lowest BCUT2D eigenvalue weighted by Gasteiger charge is -2.30. The summed E-state index contributed by atoms with van der Waals surface area (Å²) in [5.41, 5.74) is -0.0788. The van der Waals surface area contributed by atoms with Crippen molar-refractivity contribution in [2.24, 2.45) is 5.10 Å². The van der Waals surface area contributed by atoms with E-state index < -0.39 is 17.1 Å². The van der Waals surface area contributed by atoms with E-state index in [1.165, 1.54) is 6.21 Å². The van der Waals surface area contributed by atoms with Gasteiger partial charge in [-0.05, 0) is 25.6 Å². The molecule has 1 aliphatic rings. The maximum Gasteiger partial charge on any atom is 0.335 e. The minimum Gasteiger partial charge on any atom is -0.493 e. The van der Waals surface area contributed by atoms with Crippen LogP contribution in [0.3, 0.4) is 0 Å². The molecule has 1 aliphatic heterocycles. The Kier molecular flexibility index (Phi) is 4.71. The third-order valence-electron chi connectivity index (χ3n) is 4.31. The average molecular weight is 343 g/mol. The minimum atomic E-state index is -0.687. The van der Waals surface area contributed by atoms with Gasteiger partial charge in [0.25, 0.3) is 5.56 Å². The van der Waals surface area contributed by atoms with Crippen molar-refractivity contribution in [2.75, 3.05) is 33.2 Å². The molecule has 0 radical (unpaired) electrons. The number of aryl methyl sites for hydroxylation is 1. The van der Waals surface area contributed by atoms with Gasteiger partial charge < -0.3 is 10.0 Å². The first-order chi connectivity index (χ1) is 12.0. The fourth-order valence-corrected chi connectivity index (χ4v) is 2.74. The van der Waals surface area contributed by atoms with Crippen LogP contribution in [0.5, 0.6) is 5.88 Å². The van der Waals surface area contributed by atoms with Gasteiger partial charge in [-0.1, -0.05) is 18.2 Å². The van der Waals surface area contributed by atoms with E-state index >= 15 is 0 Å². The zero-order chi connectivity index (χ0) is 18.0. The topological polar surface area (TPSA) is 93.9 Å². The first kappa shape index (κ1) is 17.0. The molecule has 0 atom stereocenters. The summed E-state index contributed by atoms with van der Waals surface area (Å²) in [6.45, 7) is 5.06. The molecule has 8 nitrogen and oxygen atoms in total. The Bertz CT molecular complexity index is 907. The Morgan fingerprint density at radius 1 is 1.16 bits per heavy atom. The molecule has 1 saturated heterocycles. The van der Waals surface area contributed by atoms with Gasteiger partial charge >= 0.3 is 5.69 Å². The summed E-state index contributed by atoms with van der Waals surface area (Å²) in [5, 5.41) is 16.6. The van der Waals surface area contributed by atoms with E-state index in [0.29, 0.717) is 5.69 Å². The van der Waals surface area contributed by atoms with Crippen LogP contribution >= 0.6 is 0 Å². The van der Waals surface area contributed by atoms with E-state index in [1.54, 1.807) is 12.1 Å². The number of nitrogens with one attached hydrogen (secondary N) is 1. The van der Waals surface area contributed by atoms with E-state index in [2.05, 4.69) is 15.0 Å². The molecule has 0 aliphatic carbocycles. The van der Waals surface area contributed by atoms with Gasteiger partial charge in [0.05, 0.1) is 11.9 Å². The lowest BCUT2D eigenvalue weighted by Crippen LogP contribution is -2.42. The normalized spacial score (nSPS) is 15.8. The number of H-pyrrole nitrogens is 1. The molecule has 2 N–H and O–H groups in total. The molecule has 1 fully saturated rings. The van der Waals surface area contributed by atoms with E-state index in [-0.39, 0.29) is 5.56 Å². The second kappa shape index (κ2) is 6.94. The van der Waals surface area contributed by atoms with Gasteiger partial charge in [0.2, 0.25) is 5.88 Å². The number of aromatic nitrogens is 2. The number of hydrogen-bond donors (Lipinski definition) is 2. The molecule has 8 heteroatoms. The number of piperazine rings is 1. The van der Waals surface area contributed by atoms with Crippen molar-refractivity contribution in [1.82, 2.24) is 19.5 Å². The highest BCUT2D eigenvalue weighted by atomic mass is 16.3. The van der Waals surface area contributed by atoms with Crippen molar-refractivity contribution in [3.05, 3.63) is 56.2 Å². The summed E-state index contributed by atoms with van der Waals surface area (Å²) in [6, 6.07) is 7.13. The number of nitrogens with zero attached hydrogens (tertiary/aromatic N) is 4. The van der Waals surface area contributed by atoms with Crippen molar-refractivity contribution in [2.45, 2.75) is 6.92 Å². The molecule has 0 saturated carbocycles. The maximum absolute atomic E-state index is 12.2.